The Morgan fingerprint density at radius 2 is 1.93 bits per heavy atom. The van der Waals surface area contributed by atoms with Gasteiger partial charge in [0, 0.05) is 34.2 Å². The smallest absolute Gasteiger partial charge is 0.332 e. The molecular formula is C17H25N5O4S. The third kappa shape index (κ3) is 4.95. The SMILES string of the molecule is COCCNC(=O)CSc1nc(CC(C)C)nc2c1c(=O)n(C)c(=O)n2C. The standard InChI is InChI=1S/C17H25N5O4S/c1-10(2)8-11-19-14-13(16(24)22(4)17(25)21(14)3)15(20-11)27-9-12(23)18-6-7-26-5/h10H,6-9H2,1-5H3,(H,18,23). The number of rotatable bonds is 8. The van der Waals surface area contributed by atoms with Crippen LogP contribution in [0.25, 0.3) is 11.0 Å². The summed E-state index contributed by atoms with van der Waals surface area (Å²) < 4.78 is 7.26. The van der Waals surface area contributed by atoms with Crippen molar-refractivity contribution in [2.45, 2.75) is 25.3 Å². The molecule has 0 bridgehead atoms. The molecule has 0 unspecified atom stereocenters. The summed E-state index contributed by atoms with van der Waals surface area (Å²) in [5.74, 6) is 0.767. The van der Waals surface area contributed by atoms with Crippen molar-refractivity contribution < 1.29 is 9.53 Å². The lowest BCUT2D eigenvalue weighted by Gasteiger charge is -2.12. The topological polar surface area (TPSA) is 108 Å². The number of amides is 1. The summed E-state index contributed by atoms with van der Waals surface area (Å²) in [6.07, 6.45) is 0.604. The molecule has 2 aromatic heterocycles. The molecule has 0 fully saturated rings. The van der Waals surface area contributed by atoms with Crippen molar-refractivity contribution >= 4 is 28.7 Å². The molecule has 2 aromatic rings. The zero-order chi connectivity index (χ0) is 20.1. The molecule has 27 heavy (non-hydrogen) atoms. The van der Waals surface area contributed by atoms with Crippen LogP contribution in [0, 0.1) is 5.92 Å². The second-order valence-corrected chi connectivity index (χ2v) is 7.54. The van der Waals surface area contributed by atoms with Crippen LogP contribution in [0.2, 0.25) is 0 Å². The predicted octanol–water partition coefficient (Wildman–Crippen LogP) is 0.0804. The largest absolute Gasteiger partial charge is 0.383 e. The van der Waals surface area contributed by atoms with Crippen LogP contribution in [0.1, 0.15) is 19.7 Å². The minimum atomic E-state index is -0.466. The number of thioether (sulfide) groups is 1. The van der Waals surface area contributed by atoms with Crippen molar-refractivity contribution in [1.29, 1.82) is 0 Å². The molecule has 1 N–H and O–H groups in total. The van der Waals surface area contributed by atoms with Crippen molar-refractivity contribution in [2.24, 2.45) is 20.0 Å². The minimum Gasteiger partial charge on any atom is -0.383 e. The molecule has 0 spiro atoms. The van der Waals surface area contributed by atoms with Crippen LogP contribution in [0.5, 0.6) is 0 Å². The number of carbonyl (C=O) groups is 1. The van der Waals surface area contributed by atoms with E-state index in [1.54, 1.807) is 14.2 Å². The zero-order valence-electron chi connectivity index (χ0n) is 16.2. The van der Waals surface area contributed by atoms with Gasteiger partial charge < -0.3 is 10.1 Å². The van der Waals surface area contributed by atoms with E-state index in [2.05, 4.69) is 15.3 Å². The van der Waals surface area contributed by atoms with Gasteiger partial charge in [0.05, 0.1) is 12.4 Å². The van der Waals surface area contributed by atoms with E-state index in [9.17, 15) is 14.4 Å². The van der Waals surface area contributed by atoms with Gasteiger partial charge in [-0.3, -0.25) is 18.7 Å². The summed E-state index contributed by atoms with van der Waals surface area (Å²) >= 11 is 1.16. The van der Waals surface area contributed by atoms with Gasteiger partial charge >= 0.3 is 5.69 Å². The summed E-state index contributed by atoms with van der Waals surface area (Å²) in [6, 6.07) is 0. The number of methoxy groups -OCH3 is 1. The highest BCUT2D eigenvalue weighted by atomic mass is 32.2. The van der Waals surface area contributed by atoms with Crippen LogP contribution in [-0.2, 0) is 30.0 Å². The van der Waals surface area contributed by atoms with Gasteiger partial charge in [-0.15, -0.1) is 0 Å². The Kier molecular flexibility index (Phi) is 7.14. The molecule has 2 heterocycles. The van der Waals surface area contributed by atoms with E-state index >= 15 is 0 Å². The molecule has 0 saturated heterocycles. The van der Waals surface area contributed by atoms with Gasteiger partial charge in [-0.25, -0.2) is 14.8 Å². The Balaban J connectivity index is 2.47. The van der Waals surface area contributed by atoms with Gasteiger partial charge in [-0.2, -0.15) is 0 Å². The van der Waals surface area contributed by atoms with E-state index in [-0.39, 0.29) is 22.7 Å². The average molecular weight is 395 g/mol. The number of hydrogen-bond donors (Lipinski definition) is 1. The maximum absolute atomic E-state index is 12.7. The molecule has 0 aliphatic heterocycles. The molecular weight excluding hydrogens is 370 g/mol. The maximum atomic E-state index is 12.7. The third-order valence-electron chi connectivity index (χ3n) is 3.87. The highest BCUT2D eigenvalue weighted by Crippen LogP contribution is 2.22. The van der Waals surface area contributed by atoms with E-state index in [0.29, 0.717) is 36.3 Å². The van der Waals surface area contributed by atoms with E-state index in [4.69, 9.17) is 4.74 Å². The third-order valence-corrected chi connectivity index (χ3v) is 4.85. The van der Waals surface area contributed by atoms with Crippen LogP contribution < -0.4 is 16.6 Å². The van der Waals surface area contributed by atoms with Crippen molar-refractivity contribution in [3.8, 4) is 0 Å². The van der Waals surface area contributed by atoms with Crippen LogP contribution in [0.15, 0.2) is 14.6 Å². The van der Waals surface area contributed by atoms with Crippen molar-refractivity contribution in [3.63, 3.8) is 0 Å². The lowest BCUT2D eigenvalue weighted by Crippen LogP contribution is -2.38. The zero-order valence-corrected chi connectivity index (χ0v) is 17.1. The van der Waals surface area contributed by atoms with Crippen LogP contribution in [-0.4, -0.2) is 51.0 Å². The molecule has 10 heteroatoms. The van der Waals surface area contributed by atoms with E-state index in [1.165, 1.54) is 11.6 Å². The average Bonchev–Trinajstić information content (AvgIpc) is 2.62. The molecule has 9 nitrogen and oxygen atoms in total. The molecule has 0 saturated carbocycles. The van der Waals surface area contributed by atoms with Crippen LogP contribution >= 0.6 is 11.8 Å². The maximum Gasteiger partial charge on any atom is 0.332 e. The Labute approximate surface area is 161 Å². The molecule has 1 amide bonds. The van der Waals surface area contributed by atoms with E-state index in [1.807, 2.05) is 13.8 Å². The Morgan fingerprint density at radius 3 is 2.56 bits per heavy atom. The van der Waals surface area contributed by atoms with Gasteiger partial charge in [-0.1, -0.05) is 25.6 Å². The number of hydrogen-bond acceptors (Lipinski definition) is 7. The summed E-state index contributed by atoms with van der Waals surface area (Å²) in [5.41, 5.74) is -0.627. The van der Waals surface area contributed by atoms with Gasteiger partial charge in [0.15, 0.2) is 5.65 Å². The molecule has 2 rings (SSSR count). The Hall–Kier alpha value is -2.20. The number of nitrogens with zero attached hydrogens (tertiary/aromatic N) is 4. The first kappa shape index (κ1) is 21.1. The highest BCUT2D eigenvalue weighted by Gasteiger charge is 2.18. The Morgan fingerprint density at radius 1 is 1.22 bits per heavy atom. The van der Waals surface area contributed by atoms with Crippen molar-refractivity contribution in [1.82, 2.24) is 24.4 Å². The normalized spacial score (nSPS) is 11.3. The molecule has 0 aromatic carbocycles. The second-order valence-electron chi connectivity index (χ2n) is 6.58. The molecule has 0 atom stereocenters. The predicted molar refractivity (Wildman–Crippen MR) is 104 cm³/mol. The van der Waals surface area contributed by atoms with Crippen LogP contribution in [0.4, 0.5) is 0 Å². The highest BCUT2D eigenvalue weighted by molar-refractivity contribution is 8.00. The first-order valence-corrected chi connectivity index (χ1v) is 9.59. The minimum absolute atomic E-state index is 0.100. The molecule has 0 aliphatic rings. The van der Waals surface area contributed by atoms with E-state index in [0.717, 1.165) is 16.3 Å². The summed E-state index contributed by atoms with van der Waals surface area (Å²) in [6.45, 7) is 4.91. The first-order valence-electron chi connectivity index (χ1n) is 8.61. The van der Waals surface area contributed by atoms with Gasteiger partial charge in [0.2, 0.25) is 5.91 Å². The monoisotopic (exact) mass is 395 g/mol. The van der Waals surface area contributed by atoms with Crippen molar-refractivity contribution in [3.05, 3.63) is 26.7 Å². The Bertz CT molecular complexity index is 951. The van der Waals surface area contributed by atoms with Gasteiger partial charge in [0.1, 0.15) is 16.2 Å². The molecule has 0 radical (unpaired) electrons. The quantitative estimate of drug-likeness (QED) is 0.383. The summed E-state index contributed by atoms with van der Waals surface area (Å²) in [5, 5.41) is 3.39. The fraction of sp³-hybridized carbons (Fsp3) is 0.588. The number of fused-ring (bicyclic) bond motifs is 1. The lowest BCUT2D eigenvalue weighted by molar-refractivity contribution is -0.118. The number of aromatic nitrogens is 4. The van der Waals surface area contributed by atoms with Gasteiger partial charge in [0.25, 0.3) is 5.56 Å². The second kappa shape index (κ2) is 9.14. The van der Waals surface area contributed by atoms with Crippen LogP contribution in [0.3, 0.4) is 0 Å². The number of ether oxygens (including phenoxy) is 1. The van der Waals surface area contributed by atoms with Gasteiger partial charge in [-0.05, 0) is 5.92 Å². The lowest BCUT2D eigenvalue weighted by atomic mass is 10.1. The number of nitrogens with one attached hydrogen (secondary N) is 1. The summed E-state index contributed by atoms with van der Waals surface area (Å²) in [4.78, 5) is 45.8. The van der Waals surface area contributed by atoms with Crippen molar-refractivity contribution in [2.75, 3.05) is 26.0 Å². The number of carbonyl (C=O) groups excluding carboxylic acids is 1. The first-order chi connectivity index (χ1) is 12.8. The van der Waals surface area contributed by atoms with E-state index < -0.39 is 11.2 Å². The molecule has 148 valence electrons. The fourth-order valence-corrected chi connectivity index (χ4v) is 3.37. The number of aryl methyl sites for hydroxylation is 1. The summed E-state index contributed by atoms with van der Waals surface area (Å²) in [7, 11) is 4.55. The fourth-order valence-electron chi connectivity index (χ4n) is 2.51. The molecule has 0 aliphatic carbocycles.